The van der Waals surface area contributed by atoms with Crippen LogP contribution < -0.4 is 0 Å². The lowest BCUT2D eigenvalue weighted by Gasteiger charge is -2.29. The minimum absolute atomic E-state index is 0.00990. The molecule has 108 valence electrons. The summed E-state index contributed by atoms with van der Waals surface area (Å²) in [5.41, 5.74) is 2.76. The van der Waals surface area contributed by atoms with E-state index >= 15 is 0 Å². The normalized spacial score (nSPS) is 16.8. The number of nitrogens with zero attached hydrogens (tertiary/aromatic N) is 3. The molecule has 0 bridgehead atoms. The van der Waals surface area contributed by atoms with Crippen LogP contribution in [0.3, 0.4) is 0 Å². The Labute approximate surface area is 127 Å². The predicted molar refractivity (Wildman–Crippen MR) is 84.0 cm³/mol. The minimum atomic E-state index is -0.00990. The Kier molecular flexibility index (Phi) is 6.00. The van der Waals surface area contributed by atoms with Gasteiger partial charge in [0.05, 0.1) is 18.1 Å². The highest BCUT2D eigenvalue weighted by Crippen LogP contribution is 2.20. The van der Waals surface area contributed by atoms with Gasteiger partial charge in [-0.3, -0.25) is 0 Å². The SMILES string of the molecule is N#CCC[C@H](C#N)CN1CCC(=Cc2ccccc2)CC1. The fourth-order valence-corrected chi connectivity index (χ4v) is 2.70. The van der Waals surface area contributed by atoms with Gasteiger partial charge < -0.3 is 4.90 Å². The second kappa shape index (κ2) is 8.25. The zero-order chi connectivity index (χ0) is 14.9. The number of nitriles is 2. The molecule has 2 rings (SSSR count). The van der Waals surface area contributed by atoms with Crippen LogP contribution in [0.15, 0.2) is 35.9 Å². The van der Waals surface area contributed by atoms with Crippen molar-refractivity contribution in [3.63, 3.8) is 0 Å². The van der Waals surface area contributed by atoms with Crippen molar-refractivity contribution in [2.24, 2.45) is 5.92 Å². The third-order valence-electron chi connectivity index (χ3n) is 3.93. The Morgan fingerprint density at radius 3 is 2.48 bits per heavy atom. The molecular weight excluding hydrogens is 258 g/mol. The van der Waals surface area contributed by atoms with Crippen molar-refractivity contribution in [3.8, 4) is 12.1 Å². The van der Waals surface area contributed by atoms with Gasteiger partial charge in [-0.2, -0.15) is 10.5 Å². The molecule has 0 unspecified atom stereocenters. The van der Waals surface area contributed by atoms with Crippen LogP contribution in [-0.4, -0.2) is 24.5 Å². The average Bonchev–Trinajstić information content (AvgIpc) is 2.54. The molecule has 0 spiro atoms. The van der Waals surface area contributed by atoms with E-state index in [0.717, 1.165) is 32.5 Å². The monoisotopic (exact) mass is 279 g/mol. The van der Waals surface area contributed by atoms with Crippen molar-refractivity contribution in [2.75, 3.05) is 19.6 Å². The van der Waals surface area contributed by atoms with Crippen LogP contribution in [0.5, 0.6) is 0 Å². The molecule has 1 fully saturated rings. The summed E-state index contributed by atoms with van der Waals surface area (Å²) in [7, 11) is 0. The molecular formula is C18H21N3. The minimum Gasteiger partial charge on any atom is -0.301 e. The molecule has 1 aromatic rings. The Bertz CT molecular complexity index is 538. The van der Waals surface area contributed by atoms with Gasteiger partial charge in [-0.15, -0.1) is 0 Å². The summed E-state index contributed by atoms with van der Waals surface area (Å²) < 4.78 is 0. The van der Waals surface area contributed by atoms with E-state index in [1.807, 2.05) is 6.07 Å². The highest BCUT2D eigenvalue weighted by Gasteiger charge is 2.18. The van der Waals surface area contributed by atoms with Crippen LogP contribution >= 0.6 is 0 Å². The first-order valence-corrected chi connectivity index (χ1v) is 7.55. The second-order valence-electron chi connectivity index (χ2n) is 5.54. The van der Waals surface area contributed by atoms with E-state index in [2.05, 4.69) is 47.4 Å². The van der Waals surface area contributed by atoms with Gasteiger partial charge in [-0.05, 0) is 24.8 Å². The summed E-state index contributed by atoms with van der Waals surface area (Å²) in [6.07, 6.45) is 5.60. The number of hydrogen-bond acceptors (Lipinski definition) is 3. The second-order valence-corrected chi connectivity index (χ2v) is 5.54. The number of hydrogen-bond donors (Lipinski definition) is 0. The lowest BCUT2D eigenvalue weighted by molar-refractivity contribution is 0.232. The molecule has 0 aliphatic carbocycles. The molecule has 3 nitrogen and oxygen atoms in total. The van der Waals surface area contributed by atoms with Gasteiger partial charge in [0, 0.05) is 26.1 Å². The van der Waals surface area contributed by atoms with E-state index in [0.29, 0.717) is 12.8 Å². The van der Waals surface area contributed by atoms with Crippen LogP contribution in [0, 0.1) is 28.6 Å². The van der Waals surface area contributed by atoms with Crippen LogP contribution in [-0.2, 0) is 0 Å². The Hall–Kier alpha value is -2.10. The topological polar surface area (TPSA) is 50.8 Å². The maximum absolute atomic E-state index is 9.13. The molecule has 0 saturated carbocycles. The maximum Gasteiger partial charge on any atom is 0.0669 e. The number of benzene rings is 1. The number of likely N-dealkylation sites (tertiary alicyclic amines) is 1. The van der Waals surface area contributed by atoms with Crippen molar-refractivity contribution < 1.29 is 0 Å². The Morgan fingerprint density at radius 1 is 1.14 bits per heavy atom. The molecule has 0 aromatic heterocycles. The molecule has 21 heavy (non-hydrogen) atoms. The summed E-state index contributed by atoms with van der Waals surface area (Å²) in [5.74, 6) is -0.00990. The highest BCUT2D eigenvalue weighted by atomic mass is 15.1. The van der Waals surface area contributed by atoms with Crippen molar-refractivity contribution in [3.05, 3.63) is 41.5 Å². The summed E-state index contributed by atoms with van der Waals surface area (Å²) in [5, 5.41) is 17.7. The summed E-state index contributed by atoms with van der Waals surface area (Å²) >= 11 is 0. The molecule has 1 saturated heterocycles. The van der Waals surface area contributed by atoms with E-state index in [-0.39, 0.29) is 5.92 Å². The Morgan fingerprint density at radius 2 is 1.86 bits per heavy atom. The van der Waals surface area contributed by atoms with E-state index in [4.69, 9.17) is 10.5 Å². The maximum atomic E-state index is 9.13. The van der Waals surface area contributed by atoms with Gasteiger partial charge in [0.15, 0.2) is 0 Å². The van der Waals surface area contributed by atoms with Gasteiger partial charge >= 0.3 is 0 Å². The van der Waals surface area contributed by atoms with Crippen LogP contribution in [0.25, 0.3) is 6.08 Å². The zero-order valence-electron chi connectivity index (χ0n) is 12.3. The van der Waals surface area contributed by atoms with Gasteiger partial charge in [0.2, 0.25) is 0 Å². The van der Waals surface area contributed by atoms with Crippen molar-refractivity contribution in [2.45, 2.75) is 25.7 Å². The molecule has 1 aliphatic rings. The zero-order valence-corrected chi connectivity index (χ0v) is 12.3. The van der Waals surface area contributed by atoms with Gasteiger partial charge in [0.25, 0.3) is 0 Å². The van der Waals surface area contributed by atoms with Gasteiger partial charge in [-0.25, -0.2) is 0 Å². The van der Waals surface area contributed by atoms with E-state index in [1.54, 1.807) is 0 Å². The quantitative estimate of drug-likeness (QED) is 0.827. The first-order chi connectivity index (χ1) is 10.3. The molecule has 1 heterocycles. The van der Waals surface area contributed by atoms with E-state index in [9.17, 15) is 0 Å². The first-order valence-electron chi connectivity index (χ1n) is 7.55. The molecule has 0 amide bonds. The molecule has 0 N–H and O–H groups in total. The summed E-state index contributed by atoms with van der Waals surface area (Å²) in [4.78, 5) is 2.35. The smallest absolute Gasteiger partial charge is 0.0669 e. The molecule has 0 radical (unpaired) electrons. The molecule has 3 heteroatoms. The lowest BCUT2D eigenvalue weighted by Crippen LogP contribution is -2.34. The van der Waals surface area contributed by atoms with Gasteiger partial charge in [0.1, 0.15) is 0 Å². The largest absolute Gasteiger partial charge is 0.301 e. The fourth-order valence-electron chi connectivity index (χ4n) is 2.70. The van der Waals surface area contributed by atoms with E-state index < -0.39 is 0 Å². The lowest BCUT2D eigenvalue weighted by atomic mass is 9.98. The van der Waals surface area contributed by atoms with Gasteiger partial charge in [-0.1, -0.05) is 42.0 Å². The Balaban J connectivity index is 1.82. The van der Waals surface area contributed by atoms with Crippen LogP contribution in [0.1, 0.15) is 31.2 Å². The number of rotatable bonds is 5. The highest BCUT2D eigenvalue weighted by molar-refractivity contribution is 5.52. The molecule has 1 aromatic carbocycles. The third-order valence-corrected chi connectivity index (χ3v) is 3.93. The van der Waals surface area contributed by atoms with Crippen molar-refractivity contribution in [1.29, 1.82) is 10.5 Å². The van der Waals surface area contributed by atoms with Crippen molar-refractivity contribution in [1.82, 2.24) is 4.90 Å². The molecule has 1 atom stereocenters. The van der Waals surface area contributed by atoms with Crippen molar-refractivity contribution >= 4 is 6.08 Å². The fraction of sp³-hybridized carbons (Fsp3) is 0.444. The summed E-state index contributed by atoms with van der Waals surface area (Å²) in [6, 6.07) is 14.9. The van der Waals surface area contributed by atoms with E-state index in [1.165, 1.54) is 11.1 Å². The predicted octanol–water partition coefficient (Wildman–Crippen LogP) is 3.61. The average molecular weight is 279 g/mol. The van der Waals surface area contributed by atoms with Crippen LogP contribution in [0.2, 0.25) is 0 Å². The first kappa shape index (κ1) is 15.3. The molecule has 1 aliphatic heterocycles. The third kappa shape index (κ3) is 5.06. The summed E-state index contributed by atoms with van der Waals surface area (Å²) in [6.45, 7) is 2.84. The number of piperidine rings is 1. The van der Waals surface area contributed by atoms with Crippen LogP contribution in [0.4, 0.5) is 0 Å². The standard InChI is InChI=1S/C18H21N3/c19-10-4-7-18(14-20)15-21-11-8-17(9-12-21)13-16-5-2-1-3-6-16/h1-3,5-6,13,18H,4,7-9,11-12,15H2/t18-/m1/s1.